The highest BCUT2D eigenvalue weighted by Gasteiger charge is 2.26. The topological polar surface area (TPSA) is 87.0 Å². The Morgan fingerprint density at radius 1 is 1.09 bits per heavy atom. The highest BCUT2D eigenvalue weighted by molar-refractivity contribution is 7.89. The van der Waals surface area contributed by atoms with Gasteiger partial charge in [-0.2, -0.15) is 4.31 Å². The molecule has 0 aromatic rings. The molecule has 128 valence electrons. The summed E-state index contributed by atoms with van der Waals surface area (Å²) in [6.45, 7) is 5.26. The molecule has 0 atom stereocenters. The van der Waals surface area contributed by atoms with Gasteiger partial charge in [0.2, 0.25) is 15.9 Å². The zero-order valence-corrected chi connectivity index (χ0v) is 14.2. The molecule has 2 heterocycles. The van der Waals surface area contributed by atoms with Crippen molar-refractivity contribution in [3.05, 3.63) is 0 Å². The first kappa shape index (κ1) is 17.7. The van der Waals surface area contributed by atoms with E-state index in [2.05, 4.69) is 9.80 Å². The number of likely N-dealkylation sites (tertiary alicyclic amines) is 1. The van der Waals surface area contributed by atoms with Crippen LogP contribution >= 0.6 is 0 Å². The summed E-state index contributed by atoms with van der Waals surface area (Å²) in [5, 5.41) is 0. The molecule has 1 amide bonds. The van der Waals surface area contributed by atoms with Crippen molar-refractivity contribution in [2.45, 2.75) is 19.3 Å². The summed E-state index contributed by atoms with van der Waals surface area (Å²) >= 11 is 0. The van der Waals surface area contributed by atoms with Gasteiger partial charge in [-0.25, -0.2) is 8.42 Å². The summed E-state index contributed by atoms with van der Waals surface area (Å²) < 4.78 is 26.2. The van der Waals surface area contributed by atoms with Crippen LogP contribution in [0.15, 0.2) is 0 Å². The van der Waals surface area contributed by atoms with E-state index in [0.717, 1.165) is 45.6 Å². The summed E-state index contributed by atoms with van der Waals surface area (Å²) in [6.07, 6.45) is 2.23. The van der Waals surface area contributed by atoms with Gasteiger partial charge in [-0.1, -0.05) is 0 Å². The minimum atomic E-state index is -3.13. The number of piperazine rings is 1. The first-order chi connectivity index (χ1) is 10.4. The molecule has 0 radical (unpaired) electrons. The fraction of sp³-hybridized carbons (Fsp3) is 0.929. The zero-order valence-electron chi connectivity index (χ0n) is 13.4. The Morgan fingerprint density at radius 3 is 2.23 bits per heavy atom. The molecule has 0 aromatic carbocycles. The van der Waals surface area contributed by atoms with Gasteiger partial charge in [-0.05, 0) is 45.9 Å². The Balaban J connectivity index is 1.69. The van der Waals surface area contributed by atoms with Crippen molar-refractivity contribution < 1.29 is 13.2 Å². The summed E-state index contributed by atoms with van der Waals surface area (Å²) in [7, 11) is -1.11. The average molecular weight is 332 g/mol. The summed E-state index contributed by atoms with van der Waals surface area (Å²) in [6, 6.07) is 0. The fourth-order valence-electron chi connectivity index (χ4n) is 3.11. The van der Waals surface area contributed by atoms with Crippen LogP contribution in [0.4, 0.5) is 0 Å². The van der Waals surface area contributed by atoms with Gasteiger partial charge in [-0.3, -0.25) is 4.79 Å². The molecule has 22 heavy (non-hydrogen) atoms. The minimum absolute atomic E-state index is 0.00896. The van der Waals surface area contributed by atoms with Gasteiger partial charge in [0.05, 0.1) is 5.75 Å². The number of sulfonamides is 1. The van der Waals surface area contributed by atoms with Gasteiger partial charge in [-0.15, -0.1) is 0 Å². The maximum atomic E-state index is 12.3. The molecule has 2 aliphatic rings. The Bertz CT molecular complexity index is 466. The number of primary amides is 1. The monoisotopic (exact) mass is 332 g/mol. The lowest BCUT2D eigenvalue weighted by Crippen LogP contribution is -2.48. The second kappa shape index (κ2) is 7.72. The van der Waals surface area contributed by atoms with Crippen LogP contribution in [0, 0.1) is 5.92 Å². The Hall–Kier alpha value is -0.700. The van der Waals surface area contributed by atoms with E-state index >= 15 is 0 Å². The van der Waals surface area contributed by atoms with Gasteiger partial charge in [0.15, 0.2) is 0 Å². The van der Waals surface area contributed by atoms with Crippen LogP contribution in [0.3, 0.4) is 0 Å². The third-order valence-corrected chi connectivity index (χ3v) is 6.68. The second-order valence-electron chi connectivity index (χ2n) is 6.39. The highest BCUT2D eigenvalue weighted by Crippen LogP contribution is 2.17. The van der Waals surface area contributed by atoms with Crippen LogP contribution in [0.2, 0.25) is 0 Å². The van der Waals surface area contributed by atoms with Crippen molar-refractivity contribution in [3.63, 3.8) is 0 Å². The quantitative estimate of drug-likeness (QED) is 0.685. The Labute approximate surface area is 133 Å². The number of carbonyl (C=O) groups excluding carboxylic acids is 1. The molecule has 0 spiro atoms. The lowest BCUT2D eigenvalue weighted by Gasteiger charge is -2.32. The number of nitrogens with two attached hydrogens (primary N) is 1. The second-order valence-corrected chi connectivity index (χ2v) is 8.48. The summed E-state index contributed by atoms with van der Waals surface area (Å²) in [4.78, 5) is 15.5. The predicted molar refractivity (Wildman–Crippen MR) is 85.8 cm³/mol. The van der Waals surface area contributed by atoms with Crippen molar-refractivity contribution in [1.82, 2.24) is 14.1 Å². The smallest absolute Gasteiger partial charge is 0.220 e. The van der Waals surface area contributed by atoms with Crippen LogP contribution in [0.5, 0.6) is 0 Å². The van der Waals surface area contributed by atoms with Crippen molar-refractivity contribution in [2.75, 3.05) is 58.6 Å². The third-order valence-electron chi connectivity index (χ3n) is 4.72. The van der Waals surface area contributed by atoms with Crippen LogP contribution in [0.1, 0.15) is 19.3 Å². The van der Waals surface area contributed by atoms with E-state index in [1.807, 2.05) is 7.05 Å². The first-order valence-corrected chi connectivity index (χ1v) is 9.67. The van der Waals surface area contributed by atoms with E-state index in [1.165, 1.54) is 0 Å². The summed E-state index contributed by atoms with van der Waals surface area (Å²) in [5.41, 5.74) is 5.32. The van der Waals surface area contributed by atoms with Crippen LogP contribution in [-0.2, 0) is 14.8 Å². The largest absolute Gasteiger partial charge is 0.369 e. The lowest BCUT2D eigenvalue weighted by molar-refractivity contribution is -0.123. The maximum absolute atomic E-state index is 12.3. The number of piperidine rings is 1. The molecule has 0 bridgehead atoms. The SMILES string of the molecule is CN1CCN(S(=O)(=O)CCCN2CCC(C(N)=O)CC2)CC1. The van der Waals surface area contributed by atoms with E-state index in [1.54, 1.807) is 4.31 Å². The fourth-order valence-corrected chi connectivity index (χ4v) is 4.58. The van der Waals surface area contributed by atoms with Gasteiger partial charge in [0, 0.05) is 32.1 Å². The van der Waals surface area contributed by atoms with Crippen molar-refractivity contribution in [1.29, 1.82) is 0 Å². The number of likely N-dealkylation sites (N-methyl/N-ethyl adjacent to an activating group) is 1. The first-order valence-electron chi connectivity index (χ1n) is 8.06. The molecule has 7 nitrogen and oxygen atoms in total. The molecular formula is C14H28N4O3S. The van der Waals surface area contributed by atoms with Crippen molar-refractivity contribution in [2.24, 2.45) is 11.7 Å². The number of hydrogen-bond acceptors (Lipinski definition) is 5. The van der Waals surface area contributed by atoms with Gasteiger partial charge in [0.1, 0.15) is 0 Å². The maximum Gasteiger partial charge on any atom is 0.220 e. The molecule has 2 rings (SSSR count). The lowest BCUT2D eigenvalue weighted by atomic mass is 9.96. The number of hydrogen-bond donors (Lipinski definition) is 1. The molecule has 2 fully saturated rings. The van der Waals surface area contributed by atoms with E-state index < -0.39 is 10.0 Å². The van der Waals surface area contributed by atoms with Gasteiger partial charge in [0.25, 0.3) is 0 Å². The number of amides is 1. The van der Waals surface area contributed by atoms with Gasteiger partial charge >= 0.3 is 0 Å². The molecule has 0 saturated carbocycles. The number of nitrogens with zero attached hydrogens (tertiary/aromatic N) is 3. The van der Waals surface area contributed by atoms with Crippen molar-refractivity contribution in [3.8, 4) is 0 Å². The number of carbonyl (C=O) groups is 1. The zero-order chi connectivity index (χ0) is 16.2. The minimum Gasteiger partial charge on any atom is -0.369 e. The van der Waals surface area contributed by atoms with E-state index in [4.69, 9.17) is 5.73 Å². The normalized spacial score (nSPS) is 23.7. The van der Waals surface area contributed by atoms with Crippen LogP contribution < -0.4 is 5.73 Å². The molecule has 2 aliphatic heterocycles. The molecule has 0 aliphatic carbocycles. The Kier molecular flexibility index (Phi) is 6.19. The number of rotatable bonds is 6. The van der Waals surface area contributed by atoms with Crippen molar-refractivity contribution >= 4 is 15.9 Å². The molecule has 8 heteroatoms. The highest BCUT2D eigenvalue weighted by atomic mass is 32.2. The molecule has 2 saturated heterocycles. The molecular weight excluding hydrogens is 304 g/mol. The van der Waals surface area contributed by atoms with E-state index in [0.29, 0.717) is 19.5 Å². The van der Waals surface area contributed by atoms with E-state index in [-0.39, 0.29) is 17.6 Å². The third kappa shape index (κ3) is 4.91. The van der Waals surface area contributed by atoms with Gasteiger partial charge < -0.3 is 15.5 Å². The molecule has 0 aromatic heterocycles. The van der Waals surface area contributed by atoms with E-state index in [9.17, 15) is 13.2 Å². The molecule has 0 unspecified atom stereocenters. The Morgan fingerprint density at radius 2 is 1.68 bits per heavy atom. The average Bonchev–Trinajstić information content (AvgIpc) is 2.48. The standard InChI is InChI=1S/C14H28N4O3S/c1-16-8-10-18(11-9-16)22(20,21)12-2-5-17-6-3-13(4-7-17)14(15)19/h13H,2-12H2,1H3,(H2,15,19). The predicted octanol–water partition coefficient (Wildman–Crippen LogP) is -0.849. The van der Waals surface area contributed by atoms with Crippen LogP contribution in [-0.4, -0.2) is 87.0 Å². The molecule has 2 N–H and O–H groups in total. The van der Waals surface area contributed by atoms with Crippen LogP contribution in [0.25, 0.3) is 0 Å². The summed E-state index contributed by atoms with van der Waals surface area (Å²) in [5.74, 6) is -0.00506.